The number of nitrogens with zero attached hydrogens (tertiary/aromatic N) is 2. The largest absolute Gasteiger partial charge is 0.383 e. The van der Waals surface area contributed by atoms with Crippen molar-refractivity contribution in [3.8, 4) is 33.4 Å². The van der Waals surface area contributed by atoms with Crippen LogP contribution in [0.1, 0.15) is 11.1 Å². The van der Waals surface area contributed by atoms with Crippen molar-refractivity contribution in [3.05, 3.63) is 186 Å². The van der Waals surface area contributed by atoms with Gasteiger partial charge in [-0.1, -0.05) is 146 Å². The Hall–Kier alpha value is -6.50. The molecule has 8 aromatic rings. The molecule has 0 radical (unpaired) electrons. The average molecular weight is 614 g/mol. The van der Waals surface area contributed by atoms with Crippen molar-refractivity contribution in [2.45, 2.75) is 6.54 Å². The van der Waals surface area contributed by atoms with E-state index in [-0.39, 0.29) is 0 Å². The molecular weight excluding hydrogens is 583 g/mol. The molecule has 0 aliphatic rings. The first-order chi connectivity index (χ1) is 23.7. The Balaban J connectivity index is 1.25. The first-order valence-corrected chi connectivity index (χ1v) is 16.1. The van der Waals surface area contributed by atoms with Gasteiger partial charge < -0.3 is 5.73 Å². The molecular formula is C45H31N3. The summed E-state index contributed by atoms with van der Waals surface area (Å²) >= 11 is 0. The zero-order valence-corrected chi connectivity index (χ0v) is 26.3. The molecule has 3 nitrogen and oxygen atoms in total. The number of rotatable bonds is 6. The number of aliphatic imine (C=N–C) groups is 1. The van der Waals surface area contributed by atoms with E-state index in [4.69, 9.17) is 17.3 Å². The molecule has 8 rings (SSSR count). The van der Waals surface area contributed by atoms with Crippen LogP contribution in [0.4, 0.5) is 5.69 Å². The molecule has 0 spiro atoms. The van der Waals surface area contributed by atoms with Gasteiger partial charge in [0.05, 0.1) is 13.1 Å². The van der Waals surface area contributed by atoms with E-state index in [1.807, 2.05) is 48.5 Å². The number of hydrogen-bond donors (Lipinski definition) is 1. The lowest BCUT2D eigenvalue weighted by molar-refractivity contribution is 1.06. The van der Waals surface area contributed by atoms with Crippen molar-refractivity contribution in [2.75, 3.05) is 0 Å². The molecule has 0 heterocycles. The highest BCUT2D eigenvalue weighted by molar-refractivity contribution is 6.24. The van der Waals surface area contributed by atoms with E-state index in [1.165, 1.54) is 49.0 Å². The number of fused-ring (bicyclic) bond motifs is 5. The molecule has 2 N–H and O–H groups in total. The third-order valence-electron chi connectivity index (χ3n) is 9.15. The maximum atomic E-state index is 7.25. The van der Waals surface area contributed by atoms with Crippen LogP contribution in [-0.2, 0) is 6.54 Å². The molecule has 0 aliphatic carbocycles. The van der Waals surface area contributed by atoms with Gasteiger partial charge in [0.25, 0.3) is 0 Å². The van der Waals surface area contributed by atoms with E-state index < -0.39 is 0 Å². The van der Waals surface area contributed by atoms with Crippen LogP contribution >= 0.6 is 0 Å². The number of benzene rings is 8. The average Bonchev–Trinajstić information content (AvgIpc) is 3.17. The van der Waals surface area contributed by atoms with Gasteiger partial charge >= 0.3 is 0 Å². The van der Waals surface area contributed by atoms with Crippen LogP contribution in [0.5, 0.6) is 0 Å². The van der Waals surface area contributed by atoms with E-state index in [9.17, 15) is 0 Å². The van der Waals surface area contributed by atoms with Gasteiger partial charge in [-0.05, 0) is 89.5 Å². The lowest BCUT2D eigenvalue weighted by Gasteiger charge is -2.16. The number of amidine groups is 1. The predicted molar refractivity (Wildman–Crippen MR) is 202 cm³/mol. The van der Waals surface area contributed by atoms with Crippen molar-refractivity contribution in [2.24, 2.45) is 10.7 Å². The van der Waals surface area contributed by atoms with Gasteiger partial charge in [-0.15, -0.1) is 0 Å². The summed E-state index contributed by atoms with van der Waals surface area (Å²) in [5, 5.41) is 7.28. The van der Waals surface area contributed by atoms with Gasteiger partial charge in [0, 0.05) is 5.56 Å². The Morgan fingerprint density at radius 2 is 1.00 bits per heavy atom. The van der Waals surface area contributed by atoms with Crippen LogP contribution < -0.4 is 5.73 Å². The van der Waals surface area contributed by atoms with E-state index in [0.717, 1.165) is 27.8 Å². The molecule has 0 fully saturated rings. The lowest BCUT2D eigenvalue weighted by atomic mass is 9.87. The fourth-order valence-electron chi connectivity index (χ4n) is 6.70. The van der Waals surface area contributed by atoms with E-state index >= 15 is 0 Å². The molecule has 0 saturated heterocycles. The SMILES string of the molecule is [C-]#[N+]c1ccc(-c2ccc(-c3cc4c5ccccc5c(-c5cccc(C(N)=NCc6ccccc6)c5)cc4c4ccccc34)cc2)cc1. The Kier molecular flexibility index (Phi) is 7.45. The maximum Gasteiger partial charge on any atom is 0.187 e. The fourth-order valence-corrected chi connectivity index (χ4v) is 6.70. The predicted octanol–water partition coefficient (Wildman–Crippen LogP) is 11.6. The summed E-state index contributed by atoms with van der Waals surface area (Å²) < 4.78 is 0. The minimum absolute atomic E-state index is 0.535. The summed E-state index contributed by atoms with van der Waals surface area (Å²) in [6.45, 7) is 7.80. The third-order valence-corrected chi connectivity index (χ3v) is 9.15. The Labute approximate surface area is 280 Å². The molecule has 48 heavy (non-hydrogen) atoms. The fraction of sp³-hybridized carbons (Fsp3) is 0.0222. The Morgan fingerprint density at radius 1 is 0.479 bits per heavy atom. The van der Waals surface area contributed by atoms with Crippen molar-refractivity contribution in [1.82, 2.24) is 0 Å². The highest BCUT2D eigenvalue weighted by Gasteiger charge is 2.15. The highest BCUT2D eigenvalue weighted by atomic mass is 14.8. The zero-order valence-electron chi connectivity index (χ0n) is 26.3. The molecule has 0 saturated carbocycles. The van der Waals surface area contributed by atoms with Crippen molar-refractivity contribution in [3.63, 3.8) is 0 Å². The minimum atomic E-state index is 0.535. The van der Waals surface area contributed by atoms with Crippen molar-refractivity contribution in [1.29, 1.82) is 0 Å². The summed E-state index contributed by atoms with van der Waals surface area (Å²) in [6, 6.07) is 57.2. The van der Waals surface area contributed by atoms with Gasteiger partial charge in [0.2, 0.25) is 0 Å². The van der Waals surface area contributed by atoms with E-state index in [0.29, 0.717) is 18.1 Å². The second-order valence-electron chi connectivity index (χ2n) is 12.0. The molecule has 0 aromatic heterocycles. The van der Waals surface area contributed by atoms with Crippen LogP contribution in [0.2, 0.25) is 0 Å². The number of hydrogen-bond acceptors (Lipinski definition) is 1. The monoisotopic (exact) mass is 613 g/mol. The molecule has 0 aliphatic heterocycles. The van der Waals surface area contributed by atoms with Crippen LogP contribution in [0, 0.1) is 6.57 Å². The van der Waals surface area contributed by atoms with Crippen molar-refractivity contribution >= 4 is 43.8 Å². The van der Waals surface area contributed by atoms with Gasteiger partial charge in [-0.2, -0.15) is 0 Å². The molecule has 226 valence electrons. The molecule has 0 atom stereocenters. The topological polar surface area (TPSA) is 42.7 Å². The zero-order chi connectivity index (χ0) is 32.5. The van der Waals surface area contributed by atoms with Crippen LogP contribution in [0.3, 0.4) is 0 Å². The summed E-state index contributed by atoms with van der Waals surface area (Å²) in [4.78, 5) is 8.23. The van der Waals surface area contributed by atoms with E-state index in [2.05, 4.69) is 120 Å². The standard InChI is InChI=1S/C45H31N3/c1-47-36-24-22-32(23-25-36)31-18-20-33(21-19-31)41-27-43-40-17-8-6-15-38(40)42(28-44(43)39-16-7-5-14-37(39)41)34-12-9-13-35(26-34)45(46)48-29-30-10-3-2-4-11-30/h2-28H,29H2,(H2,46,48). The minimum Gasteiger partial charge on any atom is -0.383 e. The third kappa shape index (κ3) is 5.36. The second kappa shape index (κ2) is 12.4. The lowest BCUT2D eigenvalue weighted by Crippen LogP contribution is -2.13. The normalized spacial score (nSPS) is 11.6. The van der Waals surface area contributed by atoms with Gasteiger partial charge in [0.1, 0.15) is 5.84 Å². The van der Waals surface area contributed by atoms with Gasteiger partial charge in [-0.25, -0.2) is 4.85 Å². The van der Waals surface area contributed by atoms with Gasteiger partial charge in [-0.3, -0.25) is 4.99 Å². The first-order valence-electron chi connectivity index (χ1n) is 16.1. The Morgan fingerprint density at radius 3 is 1.60 bits per heavy atom. The first kappa shape index (κ1) is 28.9. The molecule has 3 heteroatoms. The summed E-state index contributed by atoms with van der Waals surface area (Å²) in [5.41, 5.74) is 16.1. The molecule has 0 unspecified atom stereocenters. The maximum absolute atomic E-state index is 7.25. The summed E-state index contributed by atoms with van der Waals surface area (Å²) in [5.74, 6) is 0.535. The van der Waals surface area contributed by atoms with E-state index in [1.54, 1.807) is 0 Å². The Bertz CT molecular complexity index is 2520. The smallest absolute Gasteiger partial charge is 0.187 e. The molecule has 8 aromatic carbocycles. The molecule has 0 bridgehead atoms. The summed E-state index contributed by atoms with van der Waals surface area (Å²) in [7, 11) is 0. The summed E-state index contributed by atoms with van der Waals surface area (Å²) in [6.07, 6.45) is 0. The van der Waals surface area contributed by atoms with Gasteiger partial charge in [0.15, 0.2) is 5.69 Å². The van der Waals surface area contributed by atoms with Crippen LogP contribution in [0.15, 0.2) is 169 Å². The van der Waals surface area contributed by atoms with Crippen LogP contribution in [0.25, 0.3) is 70.5 Å². The number of nitrogens with two attached hydrogens (primary N) is 1. The highest BCUT2D eigenvalue weighted by Crippen LogP contribution is 2.42. The second-order valence-corrected chi connectivity index (χ2v) is 12.0. The van der Waals surface area contributed by atoms with Crippen molar-refractivity contribution < 1.29 is 0 Å². The quantitative estimate of drug-likeness (QED) is 0.0862. The van der Waals surface area contributed by atoms with Crippen LogP contribution in [-0.4, -0.2) is 5.84 Å². The molecule has 0 amide bonds.